The van der Waals surface area contributed by atoms with E-state index in [9.17, 15) is 4.79 Å². The van der Waals surface area contributed by atoms with E-state index in [2.05, 4.69) is 9.84 Å². The van der Waals surface area contributed by atoms with E-state index in [4.69, 9.17) is 0 Å². The Balaban J connectivity index is 3.00. The zero-order chi connectivity index (χ0) is 10.0. The Morgan fingerprint density at radius 3 is 2.69 bits per heavy atom. The molecule has 1 unspecified atom stereocenters. The van der Waals surface area contributed by atoms with Gasteiger partial charge in [0.25, 0.3) is 0 Å². The molecule has 0 saturated heterocycles. The van der Waals surface area contributed by atoms with Crippen molar-refractivity contribution in [2.45, 2.75) is 19.8 Å². The van der Waals surface area contributed by atoms with Crippen molar-refractivity contribution >= 4 is 5.97 Å². The van der Waals surface area contributed by atoms with Crippen molar-refractivity contribution in [3.05, 3.63) is 17.5 Å². The molecule has 0 N–H and O–H groups in total. The Bertz CT molecular complexity index is 298. The summed E-state index contributed by atoms with van der Waals surface area (Å²) < 4.78 is 6.37. The molecular formula is C9H14N2O2. The maximum absolute atomic E-state index is 11.3. The molecule has 0 aliphatic carbocycles. The molecule has 0 spiro atoms. The summed E-state index contributed by atoms with van der Waals surface area (Å²) in [5, 5.41) is 4.06. The minimum Gasteiger partial charge on any atom is -0.469 e. The molecule has 1 aromatic heterocycles. The molecule has 0 fully saturated rings. The highest BCUT2D eigenvalue weighted by molar-refractivity contribution is 5.77. The number of hydrogen-bond acceptors (Lipinski definition) is 3. The highest BCUT2D eigenvalue weighted by atomic mass is 16.5. The van der Waals surface area contributed by atoms with Crippen LogP contribution in [0.3, 0.4) is 0 Å². The first-order chi connectivity index (χ1) is 6.07. The van der Waals surface area contributed by atoms with Crippen LogP contribution in [0.1, 0.15) is 24.1 Å². The third-order valence-corrected chi connectivity index (χ3v) is 2.14. The van der Waals surface area contributed by atoms with Crippen molar-refractivity contribution in [1.29, 1.82) is 0 Å². The summed E-state index contributed by atoms with van der Waals surface area (Å²) >= 11 is 0. The van der Waals surface area contributed by atoms with Gasteiger partial charge in [0, 0.05) is 7.05 Å². The number of methoxy groups -OCH3 is 1. The van der Waals surface area contributed by atoms with Crippen LogP contribution in [0.15, 0.2) is 6.20 Å². The molecule has 13 heavy (non-hydrogen) atoms. The van der Waals surface area contributed by atoms with Gasteiger partial charge in [-0.15, -0.1) is 0 Å². The summed E-state index contributed by atoms with van der Waals surface area (Å²) in [6.07, 6.45) is 1.74. The molecule has 0 aromatic carbocycles. The van der Waals surface area contributed by atoms with E-state index >= 15 is 0 Å². The normalized spacial score (nSPS) is 12.6. The number of hydrogen-bond donors (Lipinski definition) is 0. The fraction of sp³-hybridized carbons (Fsp3) is 0.556. The van der Waals surface area contributed by atoms with Gasteiger partial charge in [-0.3, -0.25) is 9.48 Å². The van der Waals surface area contributed by atoms with E-state index in [0.29, 0.717) is 0 Å². The number of ether oxygens (including phenoxy) is 1. The van der Waals surface area contributed by atoms with Crippen molar-refractivity contribution in [3.63, 3.8) is 0 Å². The van der Waals surface area contributed by atoms with Crippen molar-refractivity contribution < 1.29 is 9.53 Å². The number of aromatic nitrogens is 2. The third kappa shape index (κ3) is 1.71. The average molecular weight is 182 g/mol. The Hall–Kier alpha value is -1.32. The van der Waals surface area contributed by atoms with E-state index in [1.165, 1.54) is 7.11 Å². The second-order valence-electron chi connectivity index (χ2n) is 3.08. The Labute approximate surface area is 77.5 Å². The molecule has 0 amide bonds. The summed E-state index contributed by atoms with van der Waals surface area (Å²) in [5.74, 6) is -0.482. The SMILES string of the molecule is COC(=O)C(C)c1c(C)cnn1C. The molecule has 0 aliphatic rings. The van der Waals surface area contributed by atoms with Gasteiger partial charge in [0.15, 0.2) is 0 Å². The zero-order valence-corrected chi connectivity index (χ0v) is 8.37. The largest absolute Gasteiger partial charge is 0.469 e. The maximum atomic E-state index is 11.3. The van der Waals surface area contributed by atoms with Gasteiger partial charge >= 0.3 is 5.97 Å². The first kappa shape index (κ1) is 9.77. The maximum Gasteiger partial charge on any atom is 0.314 e. The second kappa shape index (κ2) is 3.60. The van der Waals surface area contributed by atoms with Crippen LogP contribution >= 0.6 is 0 Å². The van der Waals surface area contributed by atoms with Gasteiger partial charge in [0.05, 0.1) is 24.9 Å². The van der Waals surface area contributed by atoms with Gasteiger partial charge in [-0.1, -0.05) is 0 Å². The lowest BCUT2D eigenvalue weighted by molar-refractivity contribution is -0.142. The van der Waals surface area contributed by atoms with Crippen molar-refractivity contribution in [1.82, 2.24) is 9.78 Å². The van der Waals surface area contributed by atoms with Crippen molar-refractivity contribution in [2.24, 2.45) is 7.05 Å². The van der Waals surface area contributed by atoms with E-state index in [0.717, 1.165) is 11.3 Å². The monoisotopic (exact) mass is 182 g/mol. The van der Waals surface area contributed by atoms with Gasteiger partial charge in [0.2, 0.25) is 0 Å². The highest BCUT2D eigenvalue weighted by Gasteiger charge is 2.20. The van der Waals surface area contributed by atoms with Crippen LogP contribution in [0.25, 0.3) is 0 Å². The second-order valence-corrected chi connectivity index (χ2v) is 3.08. The predicted molar refractivity (Wildman–Crippen MR) is 48.4 cm³/mol. The number of rotatable bonds is 2. The molecule has 0 saturated carbocycles. The highest BCUT2D eigenvalue weighted by Crippen LogP contribution is 2.19. The Morgan fingerprint density at radius 2 is 2.31 bits per heavy atom. The lowest BCUT2D eigenvalue weighted by Gasteiger charge is -2.10. The summed E-state index contributed by atoms with van der Waals surface area (Å²) in [4.78, 5) is 11.3. The van der Waals surface area contributed by atoms with Crippen LogP contribution in [0, 0.1) is 6.92 Å². The molecule has 1 heterocycles. The van der Waals surface area contributed by atoms with Gasteiger partial charge in [-0.25, -0.2) is 0 Å². The number of carbonyl (C=O) groups is 1. The predicted octanol–water partition coefficient (Wildman–Crippen LogP) is 1.01. The molecule has 1 aromatic rings. The molecule has 0 radical (unpaired) electrons. The van der Waals surface area contributed by atoms with E-state index in [1.807, 2.05) is 20.9 Å². The Morgan fingerprint density at radius 1 is 1.69 bits per heavy atom. The van der Waals surface area contributed by atoms with Crippen LogP contribution in [-0.4, -0.2) is 22.9 Å². The molecular weight excluding hydrogens is 168 g/mol. The van der Waals surface area contributed by atoms with Crippen LogP contribution in [0.5, 0.6) is 0 Å². The molecule has 1 atom stereocenters. The molecule has 72 valence electrons. The van der Waals surface area contributed by atoms with Crippen LogP contribution in [0.4, 0.5) is 0 Å². The quantitative estimate of drug-likeness (QED) is 0.641. The lowest BCUT2D eigenvalue weighted by atomic mass is 10.1. The minimum absolute atomic E-state index is 0.230. The van der Waals surface area contributed by atoms with Crippen molar-refractivity contribution in [3.8, 4) is 0 Å². The standard InChI is InChI=1S/C9H14N2O2/c1-6-5-10-11(3)8(6)7(2)9(12)13-4/h5,7H,1-4H3. The van der Waals surface area contributed by atoms with Gasteiger partial charge in [-0.05, 0) is 19.4 Å². The zero-order valence-electron chi connectivity index (χ0n) is 8.37. The van der Waals surface area contributed by atoms with Gasteiger partial charge in [0.1, 0.15) is 0 Å². The number of esters is 1. The number of nitrogens with zero attached hydrogens (tertiary/aromatic N) is 2. The van der Waals surface area contributed by atoms with Crippen LogP contribution < -0.4 is 0 Å². The van der Waals surface area contributed by atoms with Crippen LogP contribution in [0.2, 0.25) is 0 Å². The fourth-order valence-corrected chi connectivity index (χ4v) is 1.47. The van der Waals surface area contributed by atoms with E-state index < -0.39 is 0 Å². The smallest absolute Gasteiger partial charge is 0.314 e. The molecule has 4 heteroatoms. The molecule has 4 nitrogen and oxygen atoms in total. The molecule has 0 aliphatic heterocycles. The number of aryl methyl sites for hydroxylation is 2. The minimum atomic E-state index is -0.252. The topological polar surface area (TPSA) is 44.1 Å². The first-order valence-corrected chi connectivity index (χ1v) is 4.14. The average Bonchev–Trinajstić information content (AvgIpc) is 2.44. The fourth-order valence-electron chi connectivity index (χ4n) is 1.47. The Kier molecular flexibility index (Phi) is 2.70. The summed E-state index contributed by atoms with van der Waals surface area (Å²) in [7, 11) is 3.21. The summed E-state index contributed by atoms with van der Waals surface area (Å²) in [6.45, 7) is 3.75. The lowest BCUT2D eigenvalue weighted by Crippen LogP contribution is -2.15. The molecule has 0 bridgehead atoms. The van der Waals surface area contributed by atoms with E-state index in [1.54, 1.807) is 10.9 Å². The van der Waals surface area contributed by atoms with Crippen molar-refractivity contribution in [2.75, 3.05) is 7.11 Å². The summed E-state index contributed by atoms with van der Waals surface area (Å²) in [6, 6.07) is 0. The first-order valence-electron chi connectivity index (χ1n) is 4.14. The number of carbonyl (C=O) groups excluding carboxylic acids is 1. The summed E-state index contributed by atoms with van der Waals surface area (Å²) in [5.41, 5.74) is 1.92. The molecule has 1 rings (SSSR count). The van der Waals surface area contributed by atoms with Crippen LogP contribution in [-0.2, 0) is 16.6 Å². The third-order valence-electron chi connectivity index (χ3n) is 2.14. The van der Waals surface area contributed by atoms with Gasteiger partial charge < -0.3 is 4.74 Å². The van der Waals surface area contributed by atoms with E-state index in [-0.39, 0.29) is 11.9 Å². The van der Waals surface area contributed by atoms with Gasteiger partial charge in [-0.2, -0.15) is 5.10 Å².